The number of piperidine rings is 1. The van der Waals surface area contributed by atoms with Crippen LogP contribution in [0.15, 0.2) is 35.0 Å². The Morgan fingerprint density at radius 1 is 1.22 bits per heavy atom. The molecule has 1 aliphatic heterocycles. The molecule has 1 aromatic carbocycles. The van der Waals surface area contributed by atoms with E-state index in [1.54, 1.807) is 0 Å². The molecule has 6 nitrogen and oxygen atoms in total. The molecule has 1 saturated heterocycles. The largest absolute Gasteiger partial charge is 0.477 e. The van der Waals surface area contributed by atoms with Crippen LogP contribution in [0.2, 0.25) is 10.0 Å². The standard InChI is InChI=1S/C23H19Cl2N3O3S/c24-16-2-1-3-17(25)19(16)20-13(21(31-27-20)11-4-5-11)7-6-12-14-9-28(10-15(12)14)23-26-8-18(32-23)22(29)30/h1-3,6-8,11-12,14-15H,4-5,9-10H2,(H,29,30). The molecule has 164 valence electrons. The van der Waals surface area contributed by atoms with Crippen LogP contribution in [0, 0.1) is 17.8 Å². The number of hydrogen-bond donors (Lipinski definition) is 1. The lowest BCUT2D eigenvalue weighted by molar-refractivity contribution is 0.0702. The van der Waals surface area contributed by atoms with Gasteiger partial charge >= 0.3 is 5.97 Å². The van der Waals surface area contributed by atoms with Crippen molar-refractivity contribution in [3.63, 3.8) is 0 Å². The van der Waals surface area contributed by atoms with Crippen molar-refractivity contribution >= 4 is 51.7 Å². The highest BCUT2D eigenvalue weighted by atomic mass is 35.5. The van der Waals surface area contributed by atoms with E-state index in [0.29, 0.717) is 45.0 Å². The van der Waals surface area contributed by atoms with Crippen LogP contribution >= 0.6 is 34.5 Å². The Kier molecular flexibility index (Phi) is 4.82. The van der Waals surface area contributed by atoms with Crippen LogP contribution in [0.25, 0.3) is 17.3 Å². The molecule has 0 bridgehead atoms. The molecule has 3 fully saturated rings. The first-order chi connectivity index (χ1) is 15.5. The third kappa shape index (κ3) is 3.43. The Hall–Kier alpha value is -2.35. The van der Waals surface area contributed by atoms with Crippen LogP contribution in [0.3, 0.4) is 0 Å². The number of thiazole rings is 1. The normalized spacial score (nSPS) is 24.3. The Morgan fingerprint density at radius 2 is 1.94 bits per heavy atom. The highest BCUT2D eigenvalue weighted by Gasteiger charge is 2.54. The minimum Gasteiger partial charge on any atom is -0.477 e. The van der Waals surface area contributed by atoms with E-state index >= 15 is 0 Å². The fraction of sp³-hybridized carbons (Fsp3) is 0.348. The summed E-state index contributed by atoms with van der Waals surface area (Å²) in [4.78, 5) is 17.9. The first kappa shape index (κ1) is 20.3. The van der Waals surface area contributed by atoms with Crippen molar-refractivity contribution in [1.29, 1.82) is 0 Å². The van der Waals surface area contributed by atoms with Gasteiger partial charge in [-0.3, -0.25) is 0 Å². The summed E-state index contributed by atoms with van der Waals surface area (Å²) >= 11 is 14.1. The molecule has 3 aliphatic rings. The van der Waals surface area contributed by atoms with Gasteiger partial charge < -0.3 is 14.5 Å². The van der Waals surface area contributed by atoms with Crippen LogP contribution in [0.5, 0.6) is 0 Å². The number of nitrogens with zero attached hydrogens (tertiary/aromatic N) is 3. The molecule has 6 rings (SSSR count). The average Bonchev–Trinajstić information content (AvgIpc) is 3.49. The predicted octanol–water partition coefficient (Wildman–Crippen LogP) is 6.08. The second-order valence-corrected chi connectivity index (χ2v) is 10.5. The molecule has 9 heteroatoms. The second-order valence-electron chi connectivity index (χ2n) is 8.66. The van der Waals surface area contributed by atoms with Gasteiger partial charge in [-0.05, 0) is 42.7 Å². The van der Waals surface area contributed by atoms with Gasteiger partial charge in [-0.1, -0.05) is 57.9 Å². The number of aromatic carboxylic acids is 1. The smallest absolute Gasteiger partial charge is 0.347 e. The summed E-state index contributed by atoms with van der Waals surface area (Å²) in [6.45, 7) is 1.79. The maximum atomic E-state index is 11.1. The number of rotatable bonds is 6. The van der Waals surface area contributed by atoms with Crippen molar-refractivity contribution in [1.82, 2.24) is 10.1 Å². The average molecular weight is 488 g/mol. The van der Waals surface area contributed by atoms with E-state index < -0.39 is 5.97 Å². The third-order valence-electron chi connectivity index (χ3n) is 6.62. The van der Waals surface area contributed by atoms with Crippen molar-refractivity contribution in [2.24, 2.45) is 17.8 Å². The fourth-order valence-corrected chi connectivity index (χ4v) is 6.10. The van der Waals surface area contributed by atoms with Crippen molar-refractivity contribution < 1.29 is 14.4 Å². The zero-order valence-corrected chi connectivity index (χ0v) is 19.2. The monoisotopic (exact) mass is 487 g/mol. The maximum Gasteiger partial charge on any atom is 0.347 e. The lowest BCUT2D eigenvalue weighted by Crippen LogP contribution is -2.23. The minimum atomic E-state index is -0.923. The quantitative estimate of drug-likeness (QED) is 0.453. The molecule has 0 amide bonds. The molecule has 2 unspecified atom stereocenters. The third-order valence-corrected chi connectivity index (χ3v) is 8.30. The molecule has 2 aromatic heterocycles. The molecule has 3 aromatic rings. The highest BCUT2D eigenvalue weighted by Crippen LogP contribution is 2.54. The molecule has 32 heavy (non-hydrogen) atoms. The van der Waals surface area contributed by atoms with E-state index in [-0.39, 0.29) is 4.88 Å². The molecule has 1 N–H and O–H groups in total. The number of fused-ring (bicyclic) bond motifs is 1. The molecule has 2 atom stereocenters. The topological polar surface area (TPSA) is 79.5 Å². The van der Waals surface area contributed by atoms with Crippen LogP contribution in [0.4, 0.5) is 5.13 Å². The lowest BCUT2D eigenvalue weighted by atomic mass is 10.0. The van der Waals surface area contributed by atoms with Crippen LogP contribution in [-0.4, -0.2) is 34.3 Å². The summed E-state index contributed by atoms with van der Waals surface area (Å²) < 4.78 is 5.75. The summed E-state index contributed by atoms with van der Waals surface area (Å²) in [5.74, 6) is 2.01. The zero-order chi connectivity index (χ0) is 22.0. The summed E-state index contributed by atoms with van der Waals surface area (Å²) in [6, 6.07) is 5.45. The maximum absolute atomic E-state index is 11.1. The highest BCUT2D eigenvalue weighted by molar-refractivity contribution is 7.17. The van der Waals surface area contributed by atoms with Gasteiger partial charge in [0.05, 0.1) is 16.2 Å². The Labute approximate surface area is 198 Å². The molecule has 0 spiro atoms. The minimum absolute atomic E-state index is 0.280. The molecule has 2 aliphatic carbocycles. The number of aromatic nitrogens is 2. The van der Waals surface area contributed by atoms with Gasteiger partial charge in [0.25, 0.3) is 0 Å². The van der Waals surface area contributed by atoms with E-state index in [2.05, 4.69) is 27.2 Å². The summed E-state index contributed by atoms with van der Waals surface area (Å²) in [5.41, 5.74) is 2.40. The molecular weight excluding hydrogens is 469 g/mol. The zero-order valence-electron chi connectivity index (χ0n) is 16.9. The SMILES string of the molecule is O=C(O)c1cnc(N2CC3C(C=Cc4c(-c5c(Cl)cccc5Cl)noc4C4CC4)C3C2)s1. The van der Waals surface area contributed by atoms with E-state index in [9.17, 15) is 4.79 Å². The summed E-state index contributed by atoms with van der Waals surface area (Å²) in [6.07, 6.45) is 8.07. The number of carboxylic acids is 1. The molecule has 3 heterocycles. The number of carbonyl (C=O) groups is 1. The number of benzene rings is 1. The van der Waals surface area contributed by atoms with Gasteiger partial charge in [0.15, 0.2) is 5.13 Å². The number of hydrogen-bond acceptors (Lipinski definition) is 6. The van der Waals surface area contributed by atoms with E-state index in [1.165, 1.54) is 17.5 Å². The first-order valence-electron chi connectivity index (χ1n) is 10.6. The second kappa shape index (κ2) is 7.61. The van der Waals surface area contributed by atoms with Gasteiger partial charge in [-0.25, -0.2) is 9.78 Å². The van der Waals surface area contributed by atoms with Gasteiger partial charge in [-0.15, -0.1) is 0 Å². The van der Waals surface area contributed by atoms with Crippen LogP contribution in [-0.2, 0) is 0 Å². The van der Waals surface area contributed by atoms with Crippen molar-refractivity contribution in [2.45, 2.75) is 18.8 Å². The molecular formula is C23H19Cl2N3O3S. The molecule has 2 saturated carbocycles. The van der Waals surface area contributed by atoms with E-state index in [4.69, 9.17) is 32.8 Å². The van der Waals surface area contributed by atoms with Gasteiger partial charge in [-0.2, -0.15) is 0 Å². The van der Waals surface area contributed by atoms with Crippen LogP contribution in [0.1, 0.15) is 39.8 Å². The number of halogens is 2. The number of carboxylic acid groups (broad SMARTS) is 1. The van der Waals surface area contributed by atoms with Gasteiger partial charge in [0.2, 0.25) is 0 Å². The number of allylic oxidation sites excluding steroid dienone is 1. The molecule has 0 radical (unpaired) electrons. The van der Waals surface area contributed by atoms with E-state index in [1.807, 2.05) is 18.2 Å². The van der Waals surface area contributed by atoms with Crippen LogP contribution < -0.4 is 4.90 Å². The van der Waals surface area contributed by atoms with Crippen molar-refractivity contribution in [3.05, 3.63) is 56.7 Å². The Bertz CT molecular complexity index is 1220. The first-order valence-corrected chi connectivity index (χ1v) is 12.1. The summed E-state index contributed by atoms with van der Waals surface area (Å²) in [7, 11) is 0. The summed E-state index contributed by atoms with van der Waals surface area (Å²) in [5, 5.41) is 15.4. The lowest BCUT2D eigenvalue weighted by Gasteiger charge is -2.17. The predicted molar refractivity (Wildman–Crippen MR) is 125 cm³/mol. The number of anilines is 1. The fourth-order valence-electron chi connectivity index (χ4n) is 4.75. The Morgan fingerprint density at radius 3 is 2.56 bits per heavy atom. The van der Waals surface area contributed by atoms with Gasteiger partial charge in [0.1, 0.15) is 16.3 Å². The van der Waals surface area contributed by atoms with Crippen molar-refractivity contribution in [3.8, 4) is 11.3 Å². The van der Waals surface area contributed by atoms with Crippen molar-refractivity contribution in [2.75, 3.05) is 18.0 Å². The van der Waals surface area contributed by atoms with Gasteiger partial charge in [0, 0.05) is 30.1 Å². The Balaban J connectivity index is 1.22. The van der Waals surface area contributed by atoms with E-state index in [0.717, 1.165) is 42.4 Å².